The van der Waals surface area contributed by atoms with E-state index in [0.29, 0.717) is 13.1 Å². The number of rotatable bonds is 6. The van der Waals surface area contributed by atoms with Crippen molar-refractivity contribution in [3.8, 4) is 11.4 Å². The van der Waals surface area contributed by atoms with E-state index in [9.17, 15) is 9.59 Å². The van der Waals surface area contributed by atoms with Gasteiger partial charge in [-0.2, -0.15) is 0 Å². The van der Waals surface area contributed by atoms with Gasteiger partial charge in [0.15, 0.2) is 0 Å². The maximum atomic E-state index is 13.2. The molecule has 7 nitrogen and oxygen atoms in total. The molecule has 0 fully saturated rings. The van der Waals surface area contributed by atoms with Crippen molar-refractivity contribution in [3.05, 3.63) is 104 Å². The van der Waals surface area contributed by atoms with Gasteiger partial charge in [-0.25, -0.2) is 9.36 Å². The van der Waals surface area contributed by atoms with Crippen molar-refractivity contribution in [2.75, 3.05) is 7.05 Å². The molecule has 0 saturated carbocycles. The van der Waals surface area contributed by atoms with Crippen molar-refractivity contribution in [1.29, 1.82) is 0 Å². The Morgan fingerprint density at radius 2 is 1.00 bits per heavy atom. The summed E-state index contributed by atoms with van der Waals surface area (Å²) in [4.78, 5) is 28.5. The highest BCUT2D eigenvalue weighted by Crippen LogP contribution is 2.15. The lowest BCUT2D eigenvalue weighted by Crippen LogP contribution is -2.27. The summed E-state index contributed by atoms with van der Waals surface area (Å²) in [5, 5.41) is 0. The Kier molecular flexibility index (Phi) is 5.76. The van der Waals surface area contributed by atoms with E-state index in [1.165, 1.54) is 0 Å². The maximum Gasteiger partial charge on any atom is 0.276 e. The highest BCUT2D eigenvalue weighted by Gasteiger charge is 2.21. The van der Waals surface area contributed by atoms with Gasteiger partial charge < -0.3 is 0 Å². The maximum absolute atomic E-state index is 13.2. The summed E-state index contributed by atoms with van der Waals surface area (Å²) in [6.07, 6.45) is 0. The molecule has 0 spiro atoms. The molecule has 0 bridgehead atoms. The molecule has 0 amide bonds. The van der Waals surface area contributed by atoms with E-state index in [2.05, 4.69) is 0 Å². The highest BCUT2D eigenvalue weighted by molar-refractivity contribution is 5.35. The quantitative estimate of drug-likeness (QED) is 0.472. The minimum absolute atomic E-state index is 0.0328. The fourth-order valence-corrected chi connectivity index (χ4v) is 4.21. The lowest BCUT2D eigenvalue weighted by atomic mass is 10.2. The first kappa shape index (κ1) is 21.6. The molecule has 0 aliphatic carbocycles. The molecule has 0 N–H and O–H groups in total. The molecule has 0 radical (unpaired) electrons. The molecule has 2 aromatic carbocycles. The first-order chi connectivity index (χ1) is 15.3. The normalized spacial score (nSPS) is 11.4. The van der Waals surface area contributed by atoms with Crippen LogP contribution in [0.4, 0.5) is 0 Å². The molecule has 0 aliphatic rings. The minimum Gasteiger partial charge on any atom is -0.297 e. The lowest BCUT2D eigenvalue weighted by Gasteiger charge is -2.15. The van der Waals surface area contributed by atoms with Gasteiger partial charge in [0.1, 0.15) is 0 Å². The molecule has 2 heterocycles. The van der Waals surface area contributed by atoms with Gasteiger partial charge in [-0.15, -0.1) is 0 Å². The second-order valence-electron chi connectivity index (χ2n) is 8.25. The zero-order valence-electron chi connectivity index (χ0n) is 19.2. The number of hydrogen-bond donors (Lipinski definition) is 0. The second kappa shape index (κ2) is 8.51. The van der Waals surface area contributed by atoms with E-state index in [1.807, 2.05) is 110 Å². The van der Waals surface area contributed by atoms with Crippen LogP contribution in [-0.4, -0.2) is 30.7 Å². The summed E-state index contributed by atoms with van der Waals surface area (Å²) in [5.74, 6) is 0. The van der Waals surface area contributed by atoms with Crippen LogP contribution in [0.2, 0.25) is 0 Å². The van der Waals surface area contributed by atoms with E-state index in [-0.39, 0.29) is 11.1 Å². The molecule has 0 saturated heterocycles. The number of aromatic nitrogens is 4. The zero-order chi connectivity index (χ0) is 23.0. The van der Waals surface area contributed by atoms with Crippen molar-refractivity contribution in [2.24, 2.45) is 14.1 Å². The lowest BCUT2D eigenvalue weighted by molar-refractivity contribution is 0.315. The molecule has 4 rings (SSSR count). The average Bonchev–Trinajstić information content (AvgIpc) is 3.13. The monoisotopic (exact) mass is 431 g/mol. The predicted octanol–water partition coefficient (Wildman–Crippen LogP) is 2.91. The number of hydrogen-bond acceptors (Lipinski definition) is 3. The second-order valence-corrected chi connectivity index (χ2v) is 8.25. The topological polar surface area (TPSA) is 57.1 Å². The third-order valence-electron chi connectivity index (χ3n) is 6.20. The Balaban J connectivity index is 1.64. The van der Waals surface area contributed by atoms with E-state index in [1.54, 1.807) is 9.36 Å². The van der Waals surface area contributed by atoms with E-state index >= 15 is 0 Å². The van der Waals surface area contributed by atoms with Crippen LogP contribution >= 0.6 is 0 Å². The Morgan fingerprint density at radius 1 is 0.656 bits per heavy atom. The molecule has 0 aliphatic heterocycles. The van der Waals surface area contributed by atoms with Crippen molar-refractivity contribution in [2.45, 2.75) is 26.9 Å². The van der Waals surface area contributed by atoms with Crippen molar-refractivity contribution < 1.29 is 0 Å². The van der Waals surface area contributed by atoms with Gasteiger partial charge in [-0.3, -0.25) is 23.9 Å². The molecule has 166 valence electrons. The van der Waals surface area contributed by atoms with Gasteiger partial charge >= 0.3 is 0 Å². The smallest absolute Gasteiger partial charge is 0.276 e. The summed E-state index contributed by atoms with van der Waals surface area (Å²) in [6.45, 7) is 4.83. The Hall–Kier alpha value is -3.58. The van der Waals surface area contributed by atoms with Gasteiger partial charge in [-0.1, -0.05) is 36.4 Å². The third-order valence-corrected chi connectivity index (χ3v) is 6.20. The van der Waals surface area contributed by atoms with Crippen LogP contribution in [0, 0.1) is 13.8 Å². The molecular weight excluding hydrogens is 402 g/mol. The van der Waals surface area contributed by atoms with Crippen LogP contribution in [0.25, 0.3) is 11.4 Å². The molecule has 0 atom stereocenters. The fraction of sp³-hybridized carbons (Fsp3) is 0.280. The summed E-state index contributed by atoms with van der Waals surface area (Å²) in [6, 6.07) is 19.3. The van der Waals surface area contributed by atoms with Gasteiger partial charge in [0, 0.05) is 38.6 Å². The number of benzene rings is 2. The highest BCUT2D eigenvalue weighted by atomic mass is 16.1. The average molecular weight is 432 g/mol. The summed E-state index contributed by atoms with van der Waals surface area (Å²) in [5.41, 5.74) is 4.90. The standard InChI is InChI=1S/C25H29N5O2/c1-18-22(24(31)29(27(18)4)20-12-8-6-9-13-20)16-26(3)17-23-19(2)28(5)30(25(23)32)21-14-10-7-11-15-21/h6-15H,16-17H2,1-5H3. The first-order valence-corrected chi connectivity index (χ1v) is 10.7. The summed E-state index contributed by atoms with van der Waals surface area (Å²) in [7, 11) is 5.73. The van der Waals surface area contributed by atoms with Gasteiger partial charge in [0.25, 0.3) is 11.1 Å². The molecule has 4 aromatic rings. The Labute approximate surface area is 187 Å². The molecule has 2 aromatic heterocycles. The first-order valence-electron chi connectivity index (χ1n) is 10.7. The van der Waals surface area contributed by atoms with E-state index in [4.69, 9.17) is 0 Å². The molecular formula is C25H29N5O2. The molecule has 0 unspecified atom stereocenters. The molecule has 32 heavy (non-hydrogen) atoms. The fourth-order valence-electron chi connectivity index (χ4n) is 4.21. The van der Waals surface area contributed by atoms with Crippen molar-refractivity contribution >= 4 is 0 Å². The van der Waals surface area contributed by atoms with Crippen LogP contribution < -0.4 is 11.1 Å². The Bertz CT molecular complexity index is 1250. The van der Waals surface area contributed by atoms with Crippen molar-refractivity contribution in [1.82, 2.24) is 23.6 Å². The number of nitrogens with zero attached hydrogens (tertiary/aromatic N) is 5. The van der Waals surface area contributed by atoms with E-state index in [0.717, 1.165) is 33.9 Å². The van der Waals surface area contributed by atoms with Crippen LogP contribution in [0.3, 0.4) is 0 Å². The predicted molar refractivity (Wildman–Crippen MR) is 127 cm³/mol. The number of para-hydroxylation sites is 2. The van der Waals surface area contributed by atoms with Gasteiger partial charge in [0.2, 0.25) is 0 Å². The van der Waals surface area contributed by atoms with Crippen LogP contribution in [0.5, 0.6) is 0 Å². The minimum atomic E-state index is -0.0328. The van der Waals surface area contributed by atoms with E-state index < -0.39 is 0 Å². The zero-order valence-corrected chi connectivity index (χ0v) is 19.2. The Morgan fingerprint density at radius 3 is 1.34 bits per heavy atom. The third kappa shape index (κ3) is 3.65. The summed E-state index contributed by atoms with van der Waals surface area (Å²) < 4.78 is 7.15. The summed E-state index contributed by atoms with van der Waals surface area (Å²) >= 11 is 0. The largest absolute Gasteiger partial charge is 0.297 e. The van der Waals surface area contributed by atoms with Gasteiger partial charge in [0.05, 0.1) is 22.5 Å². The van der Waals surface area contributed by atoms with Crippen LogP contribution in [0.1, 0.15) is 22.5 Å². The van der Waals surface area contributed by atoms with Gasteiger partial charge in [-0.05, 0) is 45.2 Å². The SMILES string of the molecule is Cc1c(CN(C)Cc2c(C)n(C)n(-c3ccccc3)c2=O)c(=O)n(-c2ccccc2)n1C. The van der Waals surface area contributed by atoms with Crippen LogP contribution in [0.15, 0.2) is 70.3 Å². The van der Waals surface area contributed by atoms with Crippen molar-refractivity contribution in [3.63, 3.8) is 0 Å². The van der Waals surface area contributed by atoms with Crippen LogP contribution in [-0.2, 0) is 27.2 Å². The molecule has 7 heteroatoms.